The van der Waals surface area contributed by atoms with E-state index < -0.39 is 5.72 Å². The highest BCUT2D eigenvalue weighted by Crippen LogP contribution is 2.51. The van der Waals surface area contributed by atoms with Crippen molar-refractivity contribution in [2.75, 3.05) is 13.1 Å². The molecule has 0 saturated carbocycles. The highest BCUT2D eigenvalue weighted by Gasteiger charge is 2.51. The standard InChI is InChI=1S/C22H26N2OS.BrH/c25-22(15-14-18-10-4-1-5-11-18)20(19-12-6-2-7-13-19)26-21-23-16-8-3-9-17-24(21)22;/h1-2,4-7,10-13,20,25H,3,8-9,14-17H2;1H/b23-21+;. The minimum absolute atomic E-state index is 0. The van der Waals surface area contributed by atoms with Crippen LogP contribution in [0.15, 0.2) is 65.7 Å². The summed E-state index contributed by atoms with van der Waals surface area (Å²) >= 11 is 1.74. The molecule has 0 radical (unpaired) electrons. The van der Waals surface area contributed by atoms with Gasteiger partial charge in [0.1, 0.15) is 0 Å². The Morgan fingerprint density at radius 3 is 2.44 bits per heavy atom. The average molecular weight is 447 g/mol. The van der Waals surface area contributed by atoms with Crippen molar-refractivity contribution in [3.63, 3.8) is 0 Å². The van der Waals surface area contributed by atoms with Crippen molar-refractivity contribution >= 4 is 33.9 Å². The second-order valence-electron chi connectivity index (χ2n) is 7.15. The van der Waals surface area contributed by atoms with Gasteiger partial charge < -0.3 is 10.0 Å². The lowest BCUT2D eigenvalue weighted by Gasteiger charge is -2.38. The van der Waals surface area contributed by atoms with Crippen molar-refractivity contribution in [3.05, 3.63) is 71.8 Å². The number of hydrogen-bond donors (Lipinski definition) is 1. The zero-order valence-electron chi connectivity index (χ0n) is 15.5. The van der Waals surface area contributed by atoms with Crippen molar-refractivity contribution in [2.24, 2.45) is 4.99 Å². The lowest BCUT2D eigenvalue weighted by Crippen LogP contribution is -2.49. The van der Waals surface area contributed by atoms with Gasteiger partial charge in [-0.3, -0.25) is 4.99 Å². The van der Waals surface area contributed by atoms with E-state index in [9.17, 15) is 5.11 Å². The zero-order chi connectivity index (χ0) is 17.8. The average Bonchev–Trinajstić information content (AvgIpc) is 2.93. The molecular weight excluding hydrogens is 420 g/mol. The predicted octanol–water partition coefficient (Wildman–Crippen LogP) is 5.22. The van der Waals surface area contributed by atoms with Crippen LogP contribution in [0, 0.1) is 0 Å². The van der Waals surface area contributed by atoms with Crippen LogP contribution in [-0.4, -0.2) is 34.0 Å². The molecule has 5 heteroatoms. The number of nitrogens with zero attached hydrogens (tertiary/aromatic N) is 2. The molecule has 2 aromatic rings. The quantitative estimate of drug-likeness (QED) is 0.699. The monoisotopic (exact) mass is 446 g/mol. The Morgan fingerprint density at radius 1 is 1.00 bits per heavy atom. The van der Waals surface area contributed by atoms with Crippen LogP contribution in [-0.2, 0) is 6.42 Å². The van der Waals surface area contributed by atoms with Gasteiger partial charge in [0.2, 0.25) is 0 Å². The van der Waals surface area contributed by atoms with E-state index in [2.05, 4.69) is 53.4 Å². The molecule has 0 aliphatic carbocycles. The largest absolute Gasteiger partial charge is 0.369 e. The first-order valence-electron chi connectivity index (χ1n) is 9.57. The van der Waals surface area contributed by atoms with Gasteiger partial charge in [0, 0.05) is 19.5 Å². The molecule has 3 nitrogen and oxygen atoms in total. The summed E-state index contributed by atoms with van der Waals surface area (Å²) in [4.78, 5) is 7.01. The van der Waals surface area contributed by atoms with E-state index in [-0.39, 0.29) is 22.2 Å². The van der Waals surface area contributed by atoms with Gasteiger partial charge in [0.05, 0.1) is 5.25 Å². The Hall–Kier alpha value is -1.30. The molecule has 2 aromatic carbocycles. The highest BCUT2D eigenvalue weighted by molar-refractivity contribution is 8.93. The van der Waals surface area contributed by atoms with E-state index in [4.69, 9.17) is 4.99 Å². The van der Waals surface area contributed by atoms with Crippen LogP contribution in [0.4, 0.5) is 0 Å². The summed E-state index contributed by atoms with van der Waals surface area (Å²) in [6.07, 6.45) is 5.03. The molecule has 0 spiro atoms. The Morgan fingerprint density at radius 2 is 1.70 bits per heavy atom. The third-order valence-corrected chi connectivity index (χ3v) is 6.80. The molecular formula is C22H27BrN2OS. The third-order valence-electron chi connectivity index (χ3n) is 5.36. The Balaban J connectivity index is 0.00000210. The minimum atomic E-state index is -0.891. The minimum Gasteiger partial charge on any atom is -0.369 e. The van der Waals surface area contributed by atoms with E-state index >= 15 is 0 Å². The molecule has 2 heterocycles. The van der Waals surface area contributed by atoms with Gasteiger partial charge in [-0.05, 0) is 36.8 Å². The van der Waals surface area contributed by atoms with Gasteiger partial charge in [-0.15, -0.1) is 17.0 Å². The van der Waals surface area contributed by atoms with Gasteiger partial charge in [-0.2, -0.15) is 0 Å². The number of fused-ring (bicyclic) bond motifs is 1. The smallest absolute Gasteiger partial charge is 0.162 e. The Labute approximate surface area is 176 Å². The van der Waals surface area contributed by atoms with E-state index in [1.165, 1.54) is 17.5 Å². The van der Waals surface area contributed by atoms with E-state index in [0.29, 0.717) is 6.42 Å². The number of amidine groups is 1. The first-order chi connectivity index (χ1) is 12.8. The lowest BCUT2D eigenvalue weighted by molar-refractivity contribution is -0.0718. The first-order valence-corrected chi connectivity index (χ1v) is 10.5. The van der Waals surface area contributed by atoms with Crippen LogP contribution in [0.1, 0.15) is 42.1 Å². The topological polar surface area (TPSA) is 35.8 Å². The molecule has 2 atom stereocenters. The number of benzene rings is 2. The maximum Gasteiger partial charge on any atom is 0.162 e. The Kier molecular flexibility index (Phi) is 7.01. The van der Waals surface area contributed by atoms with Gasteiger partial charge in [0.25, 0.3) is 0 Å². The summed E-state index contributed by atoms with van der Waals surface area (Å²) in [5.41, 5.74) is 1.57. The van der Waals surface area contributed by atoms with Crippen molar-refractivity contribution in [2.45, 2.75) is 43.1 Å². The molecule has 2 aliphatic heterocycles. The highest BCUT2D eigenvalue weighted by atomic mass is 79.9. The Bertz CT molecular complexity index is 755. The number of aryl methyl sites for hydroxylation is 1. The van der Waals surface area contributed by atoms with Crippen LogP contribution in [0.5, 0.6) is 0 Å². The number of aliphatic hydroxyl groups is 1. The fourth-order valence-corrected chi connectivity index (χ4v) is 5.40. The molecule has 2 unspecified atom stereocenters. The molecule has 1 N–H and O–H groups in total. The molecule has 2 aliphatic rings. The van der Waals surface area contributed by atoms with Gasteiger partial charge >= 0.3 is 0 Å². The molecule has 27 heavy (non-hydrogen) atoms. The molecule has 1 saturated heterocycles. The van der Waals surface area contributed by atoms with E-state index in [1.807, 2.05) is 12.1 Å². The molecule has 4 rings (SSSR count). The summed E-state index contributed by atoms with van der Waals surface area (Å²) in [5, 5.41) is 12.9. The summed E-state index contributed by atoms with van der Waals surface area (Å²) in [5.74, 6) is 0. The van der Waals surface area contributed by atoms with Crippen molar-refractivity contribution in [1.82, 2.24) is 4.90 Å². The number of rotatable bonds is 4. The summed E-state index contributed by atoms with van der Waals surface area (Å²) < 4.78 is 0. The lowest BCUT2D eigenvalue weighted by atomic mass is 9.93. The predicted molar refractivity (Wildman–Crippen MR) is 120 cm³/mol. The van der Waals surface area contributed by atoms with Gasteiger partial charge in [-0.1, -0.05) is 72.4 Å². The summed E-state index contributed by atoms with van der Waals surface area (Å²) in [6.45, 7) is 1.76. The maximum absolute atomic E-state index is 11.9. The van der Waals surface area contributed by atoms with Crippen LogP contribution in [0.2, 0.25) is 0 Å². The zero-order valence-corrected chi connectivity index (χ0v) is 18.0. The van der Waals surface area contributed by atoms with E-state index in [1.54, 1.807) is 11.8 Å². The van der Waals surface area contributed by atoms with Crippen molar-refractivity contribution in [3.8, 4) is 0 Å². The first kappa shape index (κ1) is 20.4. The second-order valence-corrected chi connectivity index (χ2v) is 8.22. The fraction of sp³-hybridized carbons (Fsp3) is 0.409. The SMILES string of the molecule is Br.OC1(CCc2ccccc2)C(c2ccccc2)S/C2=N/CCCCCN21. The van der Waals surface area contributed by atoms with E-state index in [0.717, 1.165) is 37.5 Å². The van der Waals surface area contributed by atoms with Crippen LogP contribution < -0.4 is 0 Å². The number of thioether (sulfide) groups is 1. The fourth-order valence-electron chi connectivity index (χ4n) is 3.92. The second kappa shape index (κ2) is 9.26. The summed E-state index contributed by atoms with van der Waals surface area (Å²) in [7, 11) is 0. The van der Waals surface area contributed by atoms with Crippen LogP contribution in [0.3, 0.4) is 0 Å². The van der Waals surface area contributed by atoms with Gasteiger partial charge in [-0.25, -0.2) is 0 Å². The van der Waals surface area contributed by atoms with Crippen LogP contribution in [0.25, 0.3) is 0 Å². The number of halogens is 1. The summed E-state index contributed by atoms with van der Waals surface area (Å²) in [6, 6.07) is 20.9. The molecule has 0 aromatic heterocycles. The molecule has 0 bridgehead atoms. The molecule has 1 fully saturated rings. The number of aliphatic imine (C=N–C) groups is 1. The van der Waals surface area contributed by atoms with Crippen molar-refractivity contribution in [1.29, 1.82) is 0 Å². The normalized spacial score (nSPS) is 26.9. The maximum atomic E-state index is 11.9. The molecule has 144 valence electrons. The molecule has 0 amide bonds. The number of hydrogen-bond acceptors (Lipinski definition) is 4. The van der Waals surface area contributed by atoms with Crippen LogP contribution >= 0.6 is 28.7 Å². The third kappa shape index (κ3) is 4.41. The van der Waals surface area contributed by atoms with Crippen molar-refractivity contribution < 1.29 is 5.11 Å². The van der Waals surface area contributed by atoms with Gasteiger partial charge in [0.15, 0.2) is 10.9 Å².